The molecular formula is C17H23F3N2OS. The summed E-state index contributed by atoms with van der Waals surface area (Å²) in [6.45, 7) is 8.38. The highest BCUT2D eigenvalue weighted by Crippen LogP contribution is 2.32. The number of benzene rings is 1. The summed E-state index contributed by atoms with van der Waals surface area (Å²) in [5.74, 6) is 0.534. The van der Waals surface area contributed by atoms with Crippen molar-refractivity contribution in [2.75, 3.05) is 36.8 Å². The van der Waals surface area contributed by atoms with Crippen LogP contribution in [-0.4, -0.2) is 47.5 Å². The zero-order valence-electron chi connectivity index (χ0n) is 14.2. The molecule has 7 heteroatoms. The molecule has 0 aromatic heterocycles. The first-order valence-corrected chi connectivity index (χ1v) is 8.89. The molecule has 1 heterocycles. The summed E-state index contributed by atoms with van der Waals surface area (Å²) in [4.78, 5) is 15.9. The van der Waals surface area contributed by atoms with E-state index in [4.69, 9.17) is 0 Å². The molecule has 1 aliphatic rings. The Bertz CT molecular complexity index is 576. The fourth-order valence-corrected chi connectivity index (χ4v) is 3.20. The average molecular weight is 360 g/mol. The van der Waals surface area contributed by atoms with Crippen molar-refractivity contribution in [2.24, 2.45) is 0 Å². The van der Waals surface area contributed by atoms with Gasteiger partial charge in [-0.1, -0.05) is 26.8 Å². The molecule has 2 rings (SSSR count). The quantitative estimate of drug-likeness (QED) is 0.817. The standard InChI is InChI=1S/C17H23F3N2OS/c1-16(2,3)24-12-15(23)22-9-7-21(8-10-22)14-6-4-5-13(11-14)17(18,19)20/h4-6,11H,7-10,12H2,1-3H3. The maximum absolute atomic E-state index is 12.8. The van der Waals surface area contributed by atoms with Crippen LogP contribution in [0.2, 0.25) is 0 Å². The summed E-state index contributed by atoms with van der Waals surface area (Å²) in [5.41, 5.74) is -0.0823. The fourth-order valence-electron chi connectivity index (χ4n) is 2.46. The van der Waals surface area contributed by atoms with Crippen LogP contribution in [0.4, 0.5) is 18.9 Å². The molecule has 0 spiro atoms. The minimum Gasteiger partial charge on any atom is -0.368 e. The number of carbonyl (C=O) groups is 1. The summed E-state index contributed by atoms with van der Waals surface area (Å²) in [6, 6.07) is 5.36. The SMILES string of the molecule is CC(C)(C)SCC(=O)N1CCN(c2cccc(C(F)(F)F)c2)CC1. The van der Waals surface area contributed by atoms with Crippen LogP contribution in [0, 0.1) is 0 Å². The number of nitrogens with zero attached hydrogens (tertiary/aromatic N) is 2. The lowest BCUT2D eigenvalue weighted by molar-refractivity contribution is -0.137. The molecule has 0 N–H and O–H groups in total. The van der Waals surface area contributed by atoms with Crippen molar-refractivity contribution in [3.05, 3.63) is 29.8 Å². The first-order chi connectivity index (χ1) is 11.1. The molecule has 3 nitrogen and oxygen atoms in total. The maximum atomic E-state index is 12.8. The second kappa shape index (κ2) is 7.25. The molecule has 0 unspecified atom stereocenters. The summed E-state index contributed by atoms with van der Waals surface area (Å²) < 4.78 is 38.5. The van der Waals surface area contributed by atoms with Crippen LogP contribution < -0.4 is 4.90 Å². The van der Waals surface area contributed by atoms with Gasteiger partial charge < -0.3 is 9.80 Å². The smallest absolute Gasteiger partial charge is 0.368 e. The molecule has 0 bridgehead atoms. The van der Waals surface area contributed by atoms with E-state index < -0.39 is 11.7 Å². The Morgan fingerprint density at radius 2 is 1.75 bits per heavy atom. The molecule has 1 aromatic carbocycles. The number of hydrogen-bond acceptors (Lipinski definition) is 3. The second-order valence-corrected chi connectivity index (χ2v) is 8.62. The van der Waals surface area contributed by atoms with E-state index in [-0.39, 0.29) is 10.7 Å². The van der Waals surface area contributed by atoms with E-state index in [1.807, 2.05) is 4.90 Å². The van der Waals surface area contributed by atoms with E-state index in [1.165, 1.54) is 12.1 Å². The molecule has 1 aliphatic heterocycles. The van der Waals surface area contributed by atoms with Gasteiger partial charge in [0.2, 0.25) is 5.91 Å². The van der Waals surface area contributed by atoms with Gasteiger partial charge in [0.25, 0.3) is 0 Å². The number of amides is 1. The zero-order valence-corrected chi connectivity index (χ0v) is 15.0. The lowest BCUT2D eigenvalue weighted by atomic mass is 10.1. The summed E-state index contributed by atoms with van der Waals surface area (Å²) in [5, 5.41) is 0. The van der Waals surface area contributed by atoms with Gasteiger partial charge in [0, 0.05) is 36.6 Å². The predicted molar refractivity (Wildman–Crippen MR) is 92.4 cm³/mol. The van der Waals surface area contributed by atoms with Gasteiger partial charge in [-0.2, -0.15) is 13.2 Å². The molecule has 0 radical (unpaired) electrons. The molecule has 1 saturated heterocycles. The van der Waals surface area contributed by atoms with Crippen LogP contribution in [0.5, 0.6) is 0 Å². The van der Waals surface area contributed by atoms with Gasteiger partial charge in [-0.05, 0) is 18.2 Å². The lowest BCUT2D eigenvalue weighted by Gasteiger charge is -2.36. The number of carbonyl (C=O) groups excluding carboxylic acids is 1. The third-order valence-electron chi connectivity index (χ3n) is 3.80. The van der Waals surface area contributed by atoms with Crippen molar-refractivity contribution in [1.82, 2.24) is 4.90 Å². The van der Waals surface area contributed by atoms with Crippen LogP contribution in [0.3, 0.4) is 0 Å². The molecule has 0 aliphatic carbocycles. The van der Waals surface area contributed by atoms with Gasteiger partial charge in [0.1, 0.15) is 0 Å². The van der Waals surface area contributed by atoms with Gasteiger partial charge in [0.15, 0.2) is 0 Å². The highest BCUT2D eigenvalue weighted by Gasteiger charge is 2.31. The average Bonchev–Trinajstić information content (AvgIpc) is 2.51. The van der Waals surface area contributed by atoms with E-state index in [2.05, 4.69) is 20.8 Å². The Labute approximate surface area is 145 Å². The van der Waals surface area contributed by atoms with Gasteiger partial charge in [-0.15, -0.1) is 11.8 Å². The van der Waals surface area contributed by atoms with Crippen molar-refractivity contribution in [3.8, 4) is 0 Å². The molecule has 0 saturated carbocycles. The number of anilines is 1. The van der Waals surface area contributed by atoms with E-state index in [1.54, 1.807) is 22.7 Å². The Hall–Kier alpha value is -1.37. The Kier molecular flexibility index (Phi) is 5.73. The summed E-state index contributed by atoms with van der Waals surface area (Å²) in [7, 11) is 0. The molecule has 1 amide bonds. The van der Waals surface area contributed by atoms with Crippen LogP contribution in [-0.2, 0) is 11.0 Å². The molecular weight excluding hydrogens is 337 g/mol. The first kappa shape index (κ1) is 19.0. The minimum atomic E-state index is -4.34. The van der Waals surface area contributed by atoms with Gasteiger partial charge in [-0.25, -0.2) is 0 Å². The van der Waals surface area contributed by atoms with E-state index in [0.717, 1.165) is 6.07 Å². The van der Waals surface area contributed by atoms with Crippen LogP contribution >= 0.6 is 11.8 Å². The summed E-state index contributed by atoms with van der Waals surface area (Å²) >= 11 is 1.61. The summed E-state index contributed by atoms with van der Waals surface area (Å²) in [6.07, 6.45) is -4.34. The number of rotatable bonds is 3. The number of alkyl halides is 3. The molecule has 24 heavy (non-hydrogen) atoms. The normalized spacial score (nSPS) is 16.4. The number of thioether (sulfide) groups is 1. The van der Waals surface area contributed by atoms with Crippen LogP contribution in [0.15, 0.2) is 24.3 Å². The van der Waals surface area contributed by atoms with Crippen molar-refractivity contribution in [1.29, 1.82) is 0 Å². The molecule has 134 valence electrons. The minimum absolute atomic E-state index is 0.0372. The Balaban J connectivity index is 1.92. The lowest BCUT2D eigenvalue weighted by Crippen LogP contribution is -2.49. The third kappa shape index (κ3) is 5.33. The fraction of sp³-hybridized carbons (Fsp3) is 0.588. The maximum Gasteiger partial charge on any atom is 0.416 e. The second-order valence-electron chi connectivity index (χ2n) is 6.82. The highest BCUT2D eigenvalue weighted by atomic mass is 32.2. The first-order valence-electron chi connectivity index (χ1n) is 7.90. The zero-order chi connectivity index (χ0) is 18.0. The number of halogens is 3. The van der Waals surface area contributed by atoms with Gasteiger partial charge >= 0.3 is 6.18 Å². The van der Waals surface area contributed by atoms with Crippen molar-refractivity contribution in [2.45, 2.75) is 31.7 Å². The van der Waals surface area contributed by atoms with Gasteiger partial charge in [0.05, 0.1) is 11.3 Å². The largest absolute Gasteiger partial charge is 0.416 e. The van der Waals surface area contributed by atoms with Gasteiger partial charge in [-0.3, -0.25) is 4.79 Å². The molecule has 1 fully saturated rings. The number of hydrogen-bond donors (Lipinski definition) is 0. The van der Waals surface area contributed by atoms with E-state index in [9.17, 15) is 18.0 Å². The van der Waals surface area contributed by atoms with Crippen LogP contribution in [0.25, 0.3) is 0 Å². The Morgan fingerprint density at radius 1 is 1.12 bits per heavy atom. The number of piperazine rings is 1. The van der Waals surface area contributed by atoms with Crippen molar-refractivity contribution >= 4 is 23.4 Å². The highest BCUT2D eigenvalue weighted by molar-refractivity contribution is 8.01. The predicted octanol–water partition coefficient (Wildman–Crippen LogP) is 3.89. The van der Waals surface area contributed by atoms with E-state index in [0.29, 0.717) is 37.6 Å². The molecule has 0 atom stereocenters. The Morgan fingerprint density at radius 3 is 2.29 bits per heavy atom. The monoisotopic (exact) mass is 360 g/mol. The third-order valence-corrected chi connectivity index (χ3v) is 5.06. The van der Waals surface area contributed by atoms with Crippen molar-refractivity contribution < 1.29 is 18.0 Å². The van der Waals surface area contributed by atoms with E-state index >= 15 is 0 Å². The van der Waals surface area contributed by atoms with Crippen LogP contribution in [0.1, 0.15) is 26.3 Å². The topological polar surface area (TPSA) is 23.6 Å². The van der Waals surface area contributed by atoms with Crippen molar-refractivity contribution in [3.63, 3.8) is 0 Å². The molecule has 1 aromatic rings.